The van der Waals surface area contributed by atoms with Crippen LogP contribution < -0.4 is 11.1 Å². The van der Waals surface area contributed by atoms with Gasteiger partial charge in [-0.1, -0.05) is 36.3 Å². The predicted octanol–water partition coefficient (Wildman–Crippen LogP) is 2.97. The molecule has 0 radical (unpaired) electrons. The van der Waals surface area contributed by atoms with Crippen LogP contribution in [0.15, 0.2) is 36.7 Å². The third kappa shape index (κ3) is 6.58. The van der Waals surface area contributed by atoms with Gasteiger partial charge in [-0.3, -0.25) is 14.7 Å². The Morgan fingerprint density at radius 1 is 1.38 bits per heavy atom. The topological polar surface area (TPSA) is 164 Å². The first-order valence-corrected chi connectivity index (χ1v) is 14.2. The van der Waals surface area contributed by atoms with Gasteiger partial charge in [0, 0.05) is 6.42 Å². The lowest BCUT2D eigenvalue weighted by molar-refractivity contribution is -0.150. The second-order valence-electron chi connectivity index (χ2n) is 9.69. The fourth-order valence-electron chi connectivity index (χ4n) is 4.34. The van der Waals surface area contributed by atoms with Crippen LogP contribution >= 0.6 is 19.6 Å². The number of nitrogens with one attached hydrogen (secondary N) is 1. The first-order valence-electron chi connectivity index (χ1n) is 12.6. The Balaban J connectivity index is 1.43. The molecule has 3 aromatic rings. The molecule has 1 saturated heterocycles. The number of carbonyl (C=O) groups is 1. The molecule has 0 bridgehead atoms. The van der Waals surface area contributed by atoms with E-state index >= 15 is 0 Å². The highest BCUT2D eigenvalue weighted by Crippen LogP contribution is 2.40. The summed E-state index contributed by atoms with van der Waals surface area (Å²) >= 11 is 5.96. The molecule has 14 heteroatoms. The highest BCUT2D eigenvalue weighted by Gasteiger charge is 2.51. The lowest BCUT2D eigenvalue weighted by Gasteiger charge is -2.24. The molecule has 0 aliphatic carbocycles. The molecule has 2 aromatic heterocycles. The van der Waals surface area contributed by atoms with Crippen LogP contribution in [0.2, 0.25) is 5.28 Å². The van der Waals surface area contributed by atoms with Crippen LogP contribution in [-0.2, 0) is 29.8 Å². The summed E-state index contributed by atoms with van der Waals surface area (Å²) in [6, 6.07) is 8.64. The molecule has 1 aliphatic rings. The second kappa shape index (κ2) is 12.6. The molecular formula is C26H31ClN6O6P+. The predicted molar refractivity (Wildman–Crippen MR) is 148 cm³/mol. The SMILES string of the molecule is C#C[C@]1(CO[P+](=O)C(C)N[C@@H](Cc2ccccc2)C(=O)OC(C)C)O[C@@H](n2cnc3c(N)nc(Cl)nc32)C[C@@H]1O. The number of benzene rings is 1. The molecule has 212 valence electrons. The number of aromatic nitrogens is 4. The maximum Gasteiger partial charge on any atom is 0.527 e. The van der Waals surface area contributed by atoms with Gasteiger partial charge in [0.25, 0.3) is 0 Å². The van der Waals surface area contributed by atoms with Gasteiger partial charge < -0.3 is 20.3 Å². The van der Waals surface area contributed by atoms with Gasteiger partial charge in [0.05, 0.1) is 12.4 Å². The number of anilines is 1. The van der Waals surface area contributed by atoms with E-state index in [-0.39, 0.29) is 30.2 Å². The molecule has 0 amide bonds. The Morgan fingerprint density at radius 3 is 2.77 bits per heavy atom. The first kappa shape index (κ1) is 29.8. The zero-order valence-corrected chi connectivity index (χ0v) is 23.9. The second-order valence-corrected chi connectivity index (χ2v) is 11.6. The van der Waals surface area contributed by atoms with Crippen LogP contribution in [-0.4, -0.2) is 66.8 Å². The molecule has 3 heterocycles. The van der Waals surface area contributed by atoms with Crippen molar-refractivity contribution in [1.29, 1.82) is 0 Å². The minimum absolute atomic E-state index is 0.0711. The monoisotopic (exact) mass is 589 g/mol. The lowest BCUT2D eigenvalue weighted by Crippen LogP contribution is -2.45. The molecule has 6 atom stereocenters. The van der Waals surface area contributed by atoms with Crippen LogP contribution in [0.3, 0.4) is 0 Å². The molecular weight excluding hydrogens is 559 g/mol. The summed E-state index contributed by atoms with van der Waals surface area (Å²) in [5.74, 6) is 1.33. The normalized spacial score (nSPS) is 22.7. The van der Waals surface area contributed by atoms with Crippen molar-refractivity contribution >= 4 is 42.6 Å². The van der Waals surface area contributed by atoms with Crippen LogP contribution in [0.5, 0.6) is 0 Å². The highest BCUT2D eigenvalue weighted by molar-refractivity contribution is 7.39. The summed E-state index contributed by atoms with van der Waals surface area (Å²) in [6.45, 7) is 4.77. The number of rotatable bonds is 11. The van der Waals surface area contributed by atoms with Crippen LogP contribution in [0.25, 0.3) is 11.2 Å². The summed E-state index contributed by atoms with van der Waals surface area (Å²) in [6.07, 6.45) is 5.36. The Labute approximate surface area is 237 Å². The van der Waals surface area contributed by atoms with Crippen molar-refractivity contribution in [3.8, 4) is 12.3 Å². The molecule has 0 spiro atoms. The summed E-state index contributed by atoms with van der Waals surface area (Å²) in [4.78, 5) is 25.0. The van der Waals surface area contributed by atoms with Crippen LogP contribution in [0, 0.1) is 12.3 Å². The van der Waals surface area contributed by atoms with Crippen LogP contribution in [0.1, 0.15) is 39.0 Å². The zero-order valence-electron chi connectivity index (χ0n) is 22.2. The smallest absolute Gasteiger partial charge is 0.462 e. The number of aliphatic hydroxyl groups is 1. The maximum absolute atomic E-state index is 13.1. The van der Waals surface area contributed by atoms with E-state index in [0.717, 1.165) is 5.56 Å². The van der Waals surface area contributed by atoms with Crippen LogP contribution in [0.4, 0.5) is 5.82 Å². The Bertz CT molecular complexity index is 1420. The van der Waals surface area contributed by atoms with Gasteiger partial charge in [-0.25, -0.2) is 4.98 Å². The number of nitrogen functional groups attached to an aromatic ring is 1. The minimum Gasteiger partial charge on any atom is -0.462 e. The van der Waals surface area contributed by atoms with Gasteiger partial charge in [-0.15, -0.1) is 10.9 Å². The van der Waals surface area contributed by atoms with E-state index < -0.39 is 43.8 Å². The average Bonchev–Trinajstić information content (AvgIpc) is 3.48. The molecule has 40 heavy (non-hydrogen) atoms. The summed E-state index contributed by atoms with van der Waals surface area (Å²) in [5, 5.41) is 13.9. The van der Waals surface area contributed by atoms with Crippen molar-refractivity contribution in [1.82, 2.24) is 24.8 Å². The van der Waals surface area contributed by atoms with E-state index in [0.29, 0.717) is 17.6 Å². The first-order chi connectivity index (χ1) is 19.0. The number of ether oxygens (including phenoxy) is 2. The minimum atomic E-state index is -2.39. The Kier molecular flexibility index (Phi) is 9.36. The standard InChI is InChI=1S/C26H31ClN6O6P/c1-5-26(19(34)12-20(39-26)33-14-29-21-22(28)31-25(27)32-23(21)33)13-37-40(36)16(4)30-18(24(35)38-15(2)3)11-17-9-7-6-8-10-17/h1,6-10,14-16,18-20,30,34H,11-13H2,2-4H3,(H2,28,31,32)/q+1/t16?,18-,19-,20+,26+/m0/s1. The average molecular weight is 590 g/mol. The fraction of sp³-hybridized carbons (Fsp3) is 0.462. The molecule has 1 aliphatic heterocycles. The summed E-state index contributed by atoms with van der Waals surface area (Å²) in [7, 11) is -2.39. The van der Waals surface area contributed by atoms with E-state index in [9.17, 15) is 14.5 Å². The number of esters is 1. The van der Waals surface area contributed by atoms with E-state index in [1.165, 1.54) is 6.33 Å². The number of terminal acetylenes is 1. The quantitative estimate of drug-likeness (QED) is 0.130. The number of nitrogens with two attached hydrogens (primary N) is 1. The van der Waals surface area contributed by atoms with Gasteiger partial charge in [0.2, 0.25) is 11.1 Å². The van der Waals surface area contributed by atoms with Crippen molar-refractivity contribution in [2.45, 2.75) is 69.5 Å². The van der Waals surface area contributed by atoms with E-state index in [2.05, 4.69) is 26.2 Å². The number of imidazole rings is 1. The maximum atomic E-state index is 13.1. The molecule has 12 nitrogen and oxygen atoms in total. The third-order valence-corrected chi connectivity index (χ3v) is 7.70. The number of hydrogen-bond donors (Lipinski definition) is 3. The number of fused-ring (bicyclic) bond motifs is 1. The van der Waals surface area contributed by atoms with Crippen molar-refractivity contribution in [2.24, 2.45) is 0 Å². The summed E-state index contributed by atoms with van der Waals surface area (Å²) < 4.78 is 31.7. The molecule has 1 fully saturated rings. The Morgan fingerprint density at radius 2 is 2.10 bits per heavy atom. The Hall–Kier alpha value is -3.17. The van der Waals surface area contributed by atoms with Crippen molar-refractivity contribution in [3.63, 3.8) is 0 Å². The van der Waals surface area contributed by atoms with Gasteiger partial charge in [-0.05, 0) is 48.9 Å². The highest BCUT2D eigenvalue weighted by atomic mass is 35.5. The van der Waals surface area contributed by atoms with Gasteiger partial charge in [0.1, 0.15) is 30.5 Å². The summed E-state index contributed by atoms with van der Waals surface area (Å²) in [5.41, 5.74) is 5.82. The molecule has 0 saturated carbocycles. The van der Waals surface area contributed by atoms with Gasteiger partial charge >= 0.3 is 14.0 Å². The molecule has 1 aromatic carbocycles. The van der Waals surface area contributed by atoms with E-state index in [1.54, 1.807) is 25.3 Å². The number of hydrogen-bond acceptors (Lipinski definition) is 11. The molecule has 4 rings (SSSR count). The number of carbonyl (C=O) groups excluding carboxylic acids is 1. The number of halogens is 1. The van der Waals surface area contributed by atoms with Gasteiger partial charge in [-0.2, -0.15) is 9.97 Å². The number of nitrogens with zero attached hydrogens (tertiary/aromatic N) is 4. The van der Waals surface area contributed by atoms with Crippen molar-refractivity contribution in [2.75, 3.05) is 12.3 Å². The van der Waals surface area contributed by atoms with Crippen molar-refractivity contribution < 1.29 is 28.5 Å². The number of aliphatic hydroxyl groups excluding tert-OH is 1. The van der Waals surface area contributed by atoms with E-state index in [4.69, 9.17) is 37.8 Å². The third-order valence-electron chi connectivity index (χ3n) is 6.37. The fourth-order valence-corrected chi connectivity index (χ4v) is 5.36. The lowest BCUT2D eigenvalue weighted by atomic mass is 9.99. The molecule has 4 N–H and O–H groups in total. The largest absolute Gasteiger partial charge is 0.527 e. The molecule has 2 unspecified atom stereocenters. The van der Waals surface area contributed by atoms with Crippen molar-refractivity contribution in [3.05, 3.63) is 47.5 Å². The van der Waals surface area contributed by atoms with Gasteiger partial charge in [0.15, 0.2) is 17.1 Å². The van der Waals surface area contributed by atoms with E-state index in [1.807, 2.05) is 30.3 Å². The zero-order chi connectivity index (χ0) is 29.0.